The molecule has 2 unspecified atom stereocenters. The van der Waals surface area contributed by atoms with Gasteiger partial charge in [0.05, 0.1) is 0 Å². The number of rotatable bonds is 5. The van der Waals surface area contributed by atoms with E-state index in [1.54, 1.807) is 0 Å². The summed E-state index contributed by atoms with van der Waals surface area (Å²) in [6.07, 6.45) is 3.71. The highest BCUT2D eigenvalue weighted by Crippen LogP contribution is 2.14. The van der Waals surface area contributed by atoms with Crippen molar-refractivity contribution in [2.75, 3.05) is 20.1 Å². The fourth-order valence-corrected chi connectivity index (χ4v) is 3.18. The molecule has 1 aliphatic rings. The van der Waals surface area contributed by atoms with Gasteiger partial charge in [-0.2, -0.15) is 0 Å². The molecule has 1 N–H and O–H groups in total. The maximum Gasteiger partial charge on any atom is 0.0209 e. The molecule has 2 heterocycles. The van der Waals surface area contributed by atoms with Gasteiger partial charge in [-0.15, -0.1) is 11.3 Å². The number of nitrogens with zero attached hydrogens (tertiary/aromatic N) is 1. The Morgan fingerprint density at radius 3 is 3.06 bits per heavy atom. The van der Waals surface area contributed by atoms with Crippen molar-refractivity contribution < 1.29 is 0 Å². The van der Waals surface area contributed by atoms with Crippen LogP contribution in [0.4, 0.5) is 0 Å². The Kier molecular flexibility index (Phi) is 4.38. The molecule has 1 saturated heterocycles. The van der Waals surface area contributed by atoms with Gasteiger partial charge in [-0.25, -0.2) is 0 Å². The number of hydrogen-bond acceptors (Lipinski definition) is 3. The molecule has 16 heavy (non-hydrogen) atoms. The zero-order valence-corrected chi connectivity index (χ0v) is 11.1. The molecular formula is C13H22N2S. The van der Waals surface area contributed by atoms with Crippen LogP contribution in [0.15, 0.2) is 17.5 Å². The Labute approximate surface area is 103 Å². The van der Waals surface area contributed by atoms with Crippen molar-refractivity contribution >= 4 is 11.3 Å². The number of likely N-dealkylation sites (N-methyl/N-ethyl adjacent to an activating group) is 1. The fourth-order valence-electron chi connectivity index (χ4n) is 2.40. The minimum atomic E-state index is 0.648. The van der Waals surface area contributed by atoms with E-state index in [0.717, 1.165) is 0 Å². The smallest absolute Gasteiger partial charge is 0.0209 e. The largest absolute Gasteiger partial charge is 0.310 e. The van der Waals surface area contributed by atoms with E-state index >= 15 is 0 Å². The van der Waals surface area contributed by atoms with Crippen LogP contribution in [0, 0.1) is 0 Å². The molecular weight excluding hydrogens is 216 g/mol. The van der Waals surface area contributed by atoms with Gasteiger partial charge < -0.3 is 10.2 Å². The lowest BCUT2D eigenvalue weighted by Gasteiger charge is -2.21. The SMILES string of the molecule is CCC(Cc1cccs1)NC1CCN(C)C1. The summed E-state index contributed by atoms with van der Waals surface area (Å²) in [5.41, 5.74) is 0. The van der Waals surface area contributed by atoms with E-state index in [0.29, 0.717) is 12.1 Å². The summed E-state index contributed by atoms with van der Waals surface area (Å²) in [7, 11) is 2.21. The van der Waals surface area contributed by atoms with Gasteiger partial charge in [0.2, 0.25) is 0 Å². The van der Waals surface area contributed by atoms with Gasteiger partial charge in [0.25, 0.3) is 0 Å². The van der Waals surface area contributed by atoms with Crippen LogP contribution in [0.5, 0.6) is 0 Å². The highest BCUT2D eigenvalue weighted by Gasteiger charge is 2.21. The van der Waals surface area contributed by atoms with Crippen LogP contribution < -0.4 is 5.32 Å². The first-order chi connectivity index (χ1) is 7.78. The van der Waals surface area contributed by atoms with E-state index in [1.807, 2.05) is 11.3 Å². The van der Waals surface area contributed by atoms with Gasteiger partial charge in [0.1, 0.15) is 0 Å². The Bertz CT molecular complexity index is 297. The van der Waals surface area contributed by atoms with E-state index in [1.165, 1.54) is 37.2 Å². The van der Waals surface area contributed by atoms with Gasteiger partial charge in [0.15, 0.2) is 0 Å². The van der Waals surface area contributed by atoms with Gasteiger partial charge in [-0.3, -0.25) is 0 Å². The van der Waals surface area contributed by atoms with Crippen LogP contribution in [-0.2, 0) is 6.42 Å². The Morgan fingerprint density at radius 1 is 1.62 bits per heavy atom. The monoisotopic (exact) mass is 238 g/mol. The first-order valence-electron chi connectivity index (χ1n) is 6.25. The molecule has 0 aromatic carbocycles. The molecule has 2 rings (SSSR count). The third-order valence-electron chi connectivity index (χ3n) is 3.38. The third-order valence-corrected chi connectivity index (χ3v) is 4.28. The molecule has 0 radical (unpaired) electrons. The molecule has 0 aliphatic carbocycles. The fraction of sp³-hybridized carbons (Fsp3) is 0.692. The van der Waals surface area contributed by atoms with Crippen molar-refractivity contribution in [3.8, 4) is 0 Å². The van der Waals surface area contributed by atoms with E-state index in [-0.39, 0.29) is 0 Å². The number of thiophene rings is 1. The van der Waals surface area contributed by atoms with Crippen LogP contribution in [0.25, 0.3) is 0 Å². The highest BCUT2D eigenvalue weighted by atomic mass is 32.1. The molecule has 1 aromatic heterocycles. The summed E-state index contributed by atoms with van der Waals surface area (Å²) >= 11 is 1.87. The van der Waals surface area contributed by atoms with Crippen molar-refractivity contribution in [2.24, 2.45) is 0 Å². The first-order valence-corrected chi connectivity index (χ1v) is 7.13. The van der Waals surface area contributed by atoms with E-state index in [9.17, 15) is 0 Å². The van der Waals surface area contributed by atoms with Crippen LogP contribution >= 0.6 is 11.3 Å². The average Bonchev–Trinajstić information content (AvgIpc) is 2.89. The summed E-state index contributed by atoms with van der Waals surface area (Å²) in [5, 5.41) is 5.97. The van der Waals surface area contributed by atoms with Crippen LogP contribution in [0.2, 0.25) is 0 Å². The van der Waals surface area contributed by atoms with E-state index in [4.69, 9.17) is 0 Å². The maximum absolute atomic E-state index is 3.80. The standard InChI is InChI=1S/C13H22N2S/c1-3-11(9-13-5-4-8-16-13)14-12-6-7-15(2)10-12/h4-5,8,11-12,14H,3,6-7,9-10H2,1-2H3. The van der Waals surface area contributed by atoms with Crippen molar-refractivity contribution in [3.63, 3.8) is 0 Å². The number of hydrogen-bond donors (Lipinski definition) is 1. The quantitative estimate of drug-likeness (QED) is 0.847. The molecule has 2 atom stereocenters. The lowest BCUT2D eigenvalue weighted by Crippen LogP contribution is -2.40. The van der Waals surface area contributed by atoms with Crippen LogP contribution in [0.3, 0.4) is 0 Å². The molecule has 0 saturated carbocycles. The first kappa shape index (κ1) is 12.1. The molecule has 90 valence electrons. The van der Waals surface area contributed by atoms with Crippen molar-refractivity contribution in [1.82, 2.24) is 10.2 Å². The Morgan fingerprint density at radius 2 is 2.50 bits per heavy atom. The molecule has 2 nitrogen and oxygen atoms in total. The summed E-state index contributed by atoms with van der Waals surface area (Å²) in [6.45, 7) is 4.73. The van der Waals surface area contributed by atoms with Gasteiger partial charge in [-0.1, -0.05) is 13.0 Å². The molecule has 1 aliphatic heterocycles. The normalized spacial score (nSPS) is 23.8. The number of likely N-dealkylation sites (tertiary alicyclic amines) is 1. The highest BCUT2D eigenvalue weighted by molar-refractivity contribution is 7.09. The Balaban J connectivity index is 1.81. The summed E-state index contributed by atoms with van der Waals surface area (Å²) in [6, 6.07) is 5.75. The van der Waals surface area contributed by atoms with Crippen LogP contribution in [0.1, 0.15) is 24.6 Å². The lowest BCUT2D eigenvalue weighted by molar-refractivity contribution is 0.375. The second-order valence-corrected chi connectivity index (χ2v) is 5.84. The summed E-state index contributed by atoms with van der Waals surface area (Å²) < 4.78 is 0. The molecule has 1 fully saturated rings. The summed E-state index contributed by atoms with van der Waals surface area (Å²) in [5.74, 6) is 0. The molecule has 3 heteroatoms. The molecule has 0 spiro atoms. The van der Waals surface area contributed by atoms with Crippen molar-refractivity contribution in [2.45, 2.75) is 38.3 Å². The lowest BCUT2D eigenvalue weighted by atomic mass is 10.1. The van der Waals surface area contributed by atoms with Crippen molar-refractivity contribution in [1.29, 1.82) is 0 Å². The minimum Gasteiger partial charge on any atom is -0.310 e. The molecule has 1 aromatic rings. The zero-order chi connectivity index (χ0) is 11.4. The number of nitrogens with one attached hydrogen (secondary N) is 1. The maximum atomic E-state index is 3.80. The minimum absolute atomic E-state index is 0.648. The predicted octanol–water partition coefficient (Wildman–Crippen LogP) is 2.36. The van der Waals surface area contributed by atoms with E-state index < -0.39 is 0 Å². The zero-order valence-electron chi connectivity index (χ0n) is 10.3. The predicted molar refractivity (Wildman–Crippen MR) is 71.1 cm³/mol. The van der Waals surface area contributed by atoms with Gasteiger partial charge >= 0.3 is 0 Å². The van der Waals surface area contributed by atoms with E-state index in [2.05, 4.69) is 41.7 Å². The Hall–Kier alpha value is -0.380. The average molecular weight is 238 g/mol. The third kappa shape index (κ3) is 3.30. The topological polar surface area (TPSA) is 15.3 Å². The van der Waals surface area contributed by atoms with Crippen LogP contribution in [-0.4, -0.2) is 37.1 Å². The van der Waals surface area contributed by atoms with Crippen molar-refractivity contribution in [3.05, 3.63) is 22.4 Å². The second-order valence-electron chi connectivity index (χ2n) is 4.80. The van der Waals surface area contributed by atoms with Gasteiger partial charge in [0, 0.05) is 23.5 Å². The second kappa shape index (κ2) is 5.80. The molecule has 0 bridgehead atoms. The summed E-state index contributed by atoms with van der Waals surface area (Å²) in [4.78, 5) is 3.92. The van der Waals surface area contributed by atoms with Gasteiger partial charge in [-0.05, 0) is 44.3 Å². The molecule has 0 amide bonds.